The van der Waals surface area contributed by atoms with Crippen molar-refractivity contribution >= 4 is 11.8 Å². The van der Waals surface area contributed by atoms with Crippen LogP contribution in [0.2, 0.25) is 0 Å². The summed E-state index contributed by atoms with van der Waals surface area (Å²) in [5.74, 6) is 0.420. The predicted octanol–water partition coefficient (Wildman–Crippen LogP) is 1.06. The molecule has 0 aromatic heterocycles. The lowest BCUT2D eigenvalue weighted by Crippen LogP contribution is -2.36. The van der Waals surface area contributed by atoms with Crippen molar-refractivity contribution in [2.45, 2.75) is 40.0 Å². The Bertz CT molecular complexity index is 265. The van der Waals surface area contributed by atoms with Crippen LogP contribution in [0.25, 0.3) is 0 Å². The summed E-state index contributed by atoms with van der Waals surface area (Å²) in [4.78, 5) is 22.7. The number of carbonyl (C=O) groups excluding carboxylic acids is 2. The number of carbonyl (C=O) groups is 2. The van der Waals surface area contributed by atoms with E-state index in [0.717, 1.165) is 12.8 Å². The first kappa shape index (κ1) is 13.0. The molecule has 0 aromatic carbocycles. The van der Waals surface area contributed by atoms with E-state index in [1.54, 1.807) is 0 Å². The van der Waals surface area contributed by atoms with Crippen molar-refractivity contribution in [2.24, 2.45) is 11.3 Å². The standard InChI is InChI=1S/C12H22N2O2/c1-12(2,3)8-10(15)13-6-7-14-11(16)9-4-5-9/h9H,4-8H2,1-3H3,(H,13,15)(H,14,16). The van der Waals surface area contributed by atoms with Crippen molar-refractivity contribution in [2.75, 3.05) is 13.1 Å². The molecule has 0 unspecified atom stereocenters. The molecule has 4 heteroatoms. The third-order valence-electron chi connectivity index (χ3n) is 2.39. The number of rotatable bonds is 5. The van der Waals surface area contributed by atoms with Crippen LogP contribution in [-0.4, -0.2) is 24.9 Å². The lowest BCUT2D eigenvalue weighted by molar-refractivity contribution is -0.124. The van der Waals surface area contributed by atoms with E-state index in [9.17, 15) is 9.59 Å². The Morgan fingerprint density at radius 1 is 1.12 bits per heavy atom. The van der Waals surface area contributed by atoms with Gasteiger partial charge in [0.1, 0.15) is 0 Å². The molecule has 1 aliphatic rings. The summed E-state index contributed by atoms with van der Waals surface area (Å²) in [5.41, 5.74) is 0.0152. The zero-order chi connectivity index (χ0) is 12.2. The van der Waals surface area contributed by atoms with Gasteiger partial charge in [-0.2, -0.15) is 0 Å². The molecule has 2 amide bonds. The zero-order valence-electron chi connectivity index (χ0n) is 10.4. The topological polar surface area (TPSA) is 58.2 Å². The van der Waals surface area contributed by atoms with Gasteiger partial charge in [-0.15, -0.1) is 0 Å². The highest BCUT2D eigenvalue weighted by Crippen LogP contribution is 2.28. The van der Waals surface area contributed by atoms with E-state index in [1.807, 2.05) is 20.8 Å². The molecule has 1 rings (SSSR count). The minimum absolute atomic E-state index is 0.0152. The molecule has 0 atom stereocenters. The highest BCUT2D eigenvalue weighted by molar-refractivity contribution is 5.81. The molecule has 1 fully saturated rings. The first-order valence-electron chi connectivity index (χ1n) is 5.93. The molecule has 4 nitrogen and oxygen atoms in total. The van der Waals surface area contributed by atoms with Crippen LogP contribution in [0.5, 0.6) is 0 Å². The van der Waals surface area contributed by atoms with Crippen molar-refractivity contribution < 1.29 is 9.59 Å². The Kier molecular flexibility index (Phi) is 4.33. The molecular formula is C12H22N2O2. The van der Waals surface area contributed by atoms with Gasteiger partial charge in [-0.3, -0.25) is 9.59 Å². The van der Waals surface area contributed by atoms with Crippen LogP contribution in [0, 0.1) is 11.3 Å². The van der Waals surface area contributed by atoms with Gasteiger partial charge in [-0.1, -0.05) is 20.8 Å². The van der Waals surface area contributed by atoms with E-state index in [4.69, 9.17) is 0 Å². The maximum atomic E-state index is 11.4. The van der Waals surface area contributed by atoms with E-state index in [0.29, 0.717) is 19.5 Å². The summed E-state index contributed by atoms with van der Waals surface area (Å²) in [6, 6.07) is 0. The number of hydrogen-bond acceptors (Lipinski definition) is 2. The summed E-state index contributed by atoms with van der Waals surface area (Å²) in [5, 5.41) is 5.61. The van der Waals surface area contributed by atoms with Gasteiger partial charge in [0, 0.05) is 25.4 Å². The normalized spacial score (nSPS) is 15.7. The molecule has 0 aliphatic heterocycles. The molecule has 0 aromatic rings. The minimum atomic E-state index is 0.0152. The van der Waals surface area contributed by atoms with Gasteiger partial charge in [0.2, 0.25) is 11.8 Å². The highest BCUT2D eigenvalue weighted by Gasteiger charge is 2.29. The van der Waals surface area contributed by atoms with Crippen molar-refractivity contribution in [1.29, 1.82) is 0 Å². The first-order valence-corrected chi connectivity index (χ1v) is 5.93. The summed E-state index contributed by atoms with van der Waals surface area (Å²) in [6.07, 6.45) is 2.55. The summed E-state index contributed by atoms with van der Waals surface area (Å²) in [7, 11) is 0. The molecule has 1 saturated carbocycles. The van der Waals surface area contributed by atoms with Crippen LogP contribution in [0.15, 0.2) is 0 Å². The SMILES string of the molecule is CC(C)(C)CC(=O)NCCNC(=O)C1CC1. The average molecular weight is 226 g/mol. The van der Waals surface area contributed by atoms with E-state index in [2.05, 4.69) is 10.6 Å². The third kappa shape index (κ3) is 5.73. The predicted molar refractivity (Wildman–Crippen MR) is 62.8 cm³/mol. The Labute approximate surface area is 97.2 Å². The quantitative estimate of drug-likeness (QED) is 0.689. The van der Waals surface area contributed by atoms with Gasteiger partial charge in [-0.25, -0.2) is 0 Å². The zero-order valence-corrected chi connectivity index (χ0v) is 10.4. The Morgan fingerprint density at radius 2 is 1.69 bits per heavy atom. The fourth-order valence-corrected chi connectivity index (χ4v) is 1.42. The second kappa shape index (κ2) is 5.32. The van der Waals surface area contributed by atoms with Crippen LogP contribution in [0.3, 0.4) is 0 Å². The fourth-order valence-electron chi connectivity index (χ4n) is 1.42. The fraction of sp³-hybridized carbons (Fsp3) is 0.833. The number of nitrogens with one attached hydrogen (secondary N) is 2. The maximum absolute atomic E-state index is 11.4. The van der Waals surface area contributed by atoms with Gasteiger partial charge in [0.15, 0.2) is 0 Å². The largest absolute Gasteiger partial charge is 0.354 e. The Balaban J connectivity index is 2.02. The number of amides is 2. The molecule has 0 spiro atoms. The van der Waals surface area contributed by atoms with Gasteiger partial charge in [-0.05, 0) is 18.3 Å². The molecule has 0 heterocycles. The monoisotopic (exact) mass is 226 g/mol. The minimum Gasteiger partial charge on any atom is -0.354 e. The lowest BCUT2D eigenvalue weighted by atomic mass is 9.92. The first-order chi connectivity index (χ1) is 7.38. The van der Waals surface area contributed by atoms with Gasteiger partial charge in [0.05, 0.1) is 0 Å². The summed E-state index contributed by atoms with van der Waals surface area (Å²) >= 11 is 0. The average Bonchev–Trinajstić information content (AvgIpc) is 2.91. The highest BCUT2D eigenvalue weighted by atomic mass is 16.2. The van der Waals surface area contributed by atoms with Gasteiger partial charge >= 0.3 is 0 Å². The summed E-state index contributed by atoms with van der Waals surface area (Å²) in [6.45, 7) is 7.14. The maximum Gasteiger partial charge on any atom is 0.223 e. The molecule has 2 N–H and O–H groups in total. The van der Waals surface area contributed by atoms with Crippen molar-refractivity contribution in [3.8, 4) is 0 Å². The third-order valence-corrected chi connectivity index (χ3v) is 2.39. The second-order valence-corrected chi connectivity index (χ2v) is 5.65. The Morgan fingerprint density at radius 3 is 2.19 bits per heavy atom. The van der Waals surface area contributed by atoms with Crippen LogP contribution in [0.4, 0.5) is 0 Å². The summed E-state index contributed by atoms with van der Waals surface area (Å²) < 4.78 is 0. The van der Waals surface area contributed by atoms with Gasteiger partial charge < -0.3 is 10.6 Å². The van der Waals surface area contributed by atoms with E-state index >= 15 is 0 Å². The lowest BCUT2D eigenvalue weighted by Gasteiger charge is -2.17. The molecule has 1 aliphatic carbocycles. The molecule has 0 radical (unpaired) electrons. The van der Waals surface area contributed by atoms with E-state index in [-0.39, 0.29) is 23.1 Å². The molecule has 16 heavy (non-hydrogen) atoms. The van der Waals surface area contributed by atoms with Crippen LogP contribution in [-0.2, 0) is 9.59 Å². The molecule has 0 bridgehead atoms. The molecular weight excluding hydrogens is 204 g/mol. The van der Waals surface area contributed by atoms with Crippen molar-refractivity contribution in [3.63, 3.8) is 0 Å². The molecule has 0 saturated heterocycles. The van der Waals surface area contributed by atoms with Gasteiger partial charge in [0.25, 0.3) is 0 Å². The van der Waals surface area contributed by atoms with E-state index in [1.165, 1.54) is 0 Å². The smallest absolute Gasteiger partial charge is 0.223 e. The van der Waals surface area contributed by atoms with E-state index < -0.39 is 0 Å². The number of hydrogen-bond donors (Lipinski definition) is 2. The molecule has 92 valence electrons. The van der Waals surface area contributed by atoms with Crippen molar-refractivity contribution in [1.82, 2.24) is 10.6 Å². The van der Waals surface area contributed by atoms with Crippen LogP contribution >= 0.6 is 0 Å². The second-order valence-electron chi connectivity index (χ2n) is 5.65. The van der Waals surface area contributed by atoms with Crippen molar-refractivity contribution in [3.05, 3.63) is 0 Å². The van der Waals surface area contributed by atoms with Crippen LogP contribution in [0.1, 0.15) is 40.0 Å². The Hall–Kier alpha value is -1.06. The van der Waals surface area contributed by atoms with Crippen LogP contribution < -0.4 is 10.6 Å².